The van der Waals surface area contributed by atoms with Crippen molar-refractivity contribution in [2.24, 2.45) is 0 Å². The van der Waals surface area contributed by atoms with Crippen molar-refractivity contribution < 1.29 is 14.6 Å². The summed E-state index contributed by atoms with van der Waals surface area (Å²) in [4.78, 5) is 13.1. The molecule has 30 heavy (non-hydrogen) atoms. The smallest absolute Gasteiger partial charge is 0.361 e. The molecule has 3 aromatic carbocycles. The molecule has 0 aliphatic carbocycles. The number of aromatic nitrogens is 1. The lowest BCUT2D eigenvalue weighted by Gasteiger charge is -2.06. The number of hydrogen-bond acceptors (Lipinski definition) is 4. The van der Waals surface area contributed by atoms with Gasteiger partial charge in [0.1, 0.15) is 11.1 Å². The van der Waals surface area contributed by atoms with E-state index >= 15 is 0 Å². The molecule has 5 heteroatoms. The third kappa shape index (κ3) is 2.14. The van der Waals surface area contributed by atoms with Crippen molar-refractivity contribution in [2.75, 3.05) is 0 Å². The lowest BCUT2D eigenvalue weighted by atomic mass is 9.98. The first-order valence-electron chi connectivity index (χ1n) is 9.53. The summed E-state index contributed by atoms with van der Waals surface area (Å²) >= 11 is 0. The maximum absolute atomic E-state index is 13.1. The Hall–Kier alpha value is -4.25. The number of phenols is 2. The Kier molecular flexibility index (Phi) is 3.27. The fraction of sp³-hybridized carbons (Fsp3) is 0. The molecule has 6 aromatic rings. The summed E-state index contributed by atoms with van der Waals surface area (Å²) in [5.41, 5.74) is 2.83. The van der Waals surface area contributed by atoms with E-state index in [4.69, 9.17) is 4.42 Å². The van der Waals surface area contributed by atoms with Gasteiger partial charge >= 0.3 is 5.63 Å². The molecular weight excluding hydrogens is 378 g/mol. The zero-order valence-corrected chi connectivity index (χ0v) is 15.7. The summed E-state index contributed by atoms with van der Waals surface area (Å²) in [6.45, 7) is 0. The van der Waals surface area contributed by atoms with Crippen LogP contribution in [0, 0.1) is 0 Å². The summed E-state index contributed by atoms with van der Waals surface area (Å²) in [7, 11) is 0. The fourth-order valence-electron chi connectivity index (χ4n) is 4.35. The molecule has 5 nitrogen and oxygen atoms in total. The molecule has 0 spiro atoms. The van der Waals surface area contributed by atoms with Crippen molar-refractivity contribution in [3.8, 4) is 22.6 Å². The number of benzene rings is 3. The number of fused-ring (bicyclic) bond motifs is 7. The van der Waals surface area contributed by atoms with E-state index in [9.17, 15) is 15.0 Å². The molecule has 0 saturated heterocycles. The molecule has 6 rings (SSSR count). The van der Waals surface area contributed by atoms with Crippen LogP contribution in [-0.2, 0) is 0 Å². The number of hydrogen-bond donors (Lipinski definition) is 2. The standard InChI is InChI=1S/C25H15NO4/c27-18-12-17-20(13-19(18)28)30-25(29)24-22(17)21(15-7-2-1-3-8-15)23-16-9-5-4-6-14(16)10-11-26(23)24/h1-13,27-28H. The molecule has 3 aromatic heterocycles. The SMILES string of the molecule is O=c1oc2cc(O)c(O)cc2c2c(-c3ccccc3)c3c4ccccc4ccn3c12. The van der Waals surface area contributed by atoms with Crippen LogP contribution in [0.5, 0.6) is 11.5 Å². The van der Waals surface area contributed by atoms with Gasteiger partial charge in [-0.05, 0) is 23.1 Å². The second-order valence-electron chi connectivity index (χ2n) is 7.31. The number of pyridine rings is 1. The second-order valence-corrected chi connectivity index (χ2v) is 7.31. The minimum Gasteiger partial charge on any atom is -0.504 e. The van der Waals surface area contributed by atoms with Gasteiger partial charge in [0.05, 0.1) is 5.52 Å². The van der Waals surface area contributed by atoms with Crippen molar-refractivity contribution in [1.82, 2.24) is 4.40 Å². The minimum atomic E-state index is -0.505. The van der Waals surface area contributed by atoms with Crippen LogP contribution in [0.3, 0.4) is 0 Å². The van der Waals surface area contributed by atoms with E-state index in [1.807, 2.05) is 71.3 Å². The third-order valence-corrected chi connectivity index (χ3v) is 5.63. The van der Waals surface area contributed by atoms with Gasteiger partial charge in [0.15, 0.2) is 11.5 Å². The van der Waals surface area contributed by atoms with E-state index in [1.54, 1.807) is 0 Å². The first-order chi connectivity index (χ1) is 14.6. The molecule has 0 saturated carbocycles. The van der Waals surface area contributed by atoms with Gasteiger partial charge in [-0.15, -0.1) is 0 Å². The molecule has 0 atom stereocenters. The van der Waals surface area contributed by atoms with Crippen molar-refractivity contribution in [3.05, 3.63) is 89.4 Å². The van der Waals surface area contributed by atoms with Gasteiger partial charge in [-0.2, -0.15) is 0 Å². The van der Waals surface area contributed by atoms with E-state index in [-0.39, 0.29) is 17.1 Å². The first-order valence-corrected chi connectivity index (χ1v) is 9.53. The second kappa shape index (κ2) is 5.87. The maximum atomic E-state index is 13.1. The van der Waals surface area contributed by atoms with Crippen molar-refractivity contribution in [3.63, 3.8) is 0 Å². The predicted molar refractivity (Wildman–Crippen MR) is 117 cm³/mol. The molecule has 144 valence electrons. The molecule has 0 bridgehead atoms. The van der Waals surface area contributed by atoms with E-state index in [0.29, 0.717) is 16.3 Å². The van der Waals surface area contributed by atoms with Crippen LogP contribution in [-0.4, -0.2) is 14.6 Å². The van der Waals surface area contributed by atoms with Crippen LogP contribution < -0.4 is 5.63 Å². The highest BCUT2D eigenvalue weighted by Gasteiger charge is 2.22. The van der Waals surface area contributed by atoms with E-state index in [2.05, 4.69) is 0 Å². The quantitative estimate of drug-likeness (QED) is 0.288. The number of rotatable bonds is 1. The van der Waals surface area contributed by atoms with E-state index in [1.165, 1.54) is 12.1 Å². The summed E-state index contributed by atoms with van der Waals surface area (Å²) in [6, 6.07) is 22.5. The molecule has 0 fully saturated rings. The van der Waals surface area contributed by atoms with Gasteiger partial charge in [-0.3, -0.25) is 0 Å². The van der Waals surface area contributed by atoms with Crippen molar-refractivity contribution in [1.29, 1.82) is 0 Å². The molecule has 0 aliphatic heterocycles. The van der Waals surface area contributed by atoms with Gasteiger partial charge < -0.3 is 19.0 Å². The zero-order chi connectivity index (χ0) is 20.4. The topological polar surface area (TPSA) is 75.1 Å². The average Bonchev–Trinajstić information content (AvgIpc) is 3.12. The molecule has 0 aliphatic rings. The van der Waals surface area contributed by atoms with Crippen molar-refractivity contribution in [2.45, 2.75) is 0 Å². The molecule has 3 heterocycles. The monoisotopic (exact) mass is 393 g/mol. The third-order valence-electron chi connectivity index (χ3n) is 5.63. The summed E-state index contributed by atoms with van der Waals surface area (Å²) in [5, 5.41) is 23.4. The lowest BCUT2D eigenvalue weighted by Crippen LogP contribution is -2.02. The molecule has 0 radical (unpaired) electrons. The Balaban J connectivity index is 2.00. The minimum absolute atomic E-state index is 0.222. The van der Waals surface area contributed by atoms with Gasteiger partial charge in [0, 0.05) is 34.0 Å². The van der Waals surface area contributed by atoms with Gasteiger partial charge in [0.25, 0.3) is 0 Å². The Morgan fingerprint density at radius 1 is 0.767 bits per heavy atom. The summed E-state index contributed by atoms with van der Waals surface area (Å²) < 4.78 is 7.39. The van der Waals surface area contributed by atoms with Crippen molar-refractivity contribution >= 4 is 38.2 Å². The lowest BCUT2D eigenvalue weighted by molar-refractivity contribution is 0.403. The average molecular weight is 393 g/mol. The summed E-state index contributed by atoms with van der Waals surface area (Å²) in [5.74, 6) is -0.600. The first kappa shape index (κ1) is 16.7. The molecular formula is C25H15NO4. The number of aromatic hydroxyl groups is 2. The molecule has 2 N–H and O–H groups in total. The Bertz CT molecular complexity index is 1680. The van der Waals surface area contributed by atoms with Gasteiger partial charge in [-0.1, -0.05) is 54.6 Å². The van der Waals surface area contributed by atoms with Crippen LogP contribution in [0.25, 0.3) is 49.3 Å². The van der Waals surface area contributed by atoms with Gasteiger partial charge in [-0.25, -0.2) is 4.79 Å². The molecule has 0 amide bonds. The normalized spacial score (nSPS) is 11.7. The highest BCUT2D eigenvalue weighted by Crippen LogP contribution is 2.42. The molecule has 0 unspecified atom stereocenters. The fourth-order valence-corrected chi connectivity index (χ4v) is 4.35. The number of nitrogens with zero attached hydrogens (tertiary/aromatic N) is 1. The highest BCUT2D eigenvalue weighted by molar-refractivity contribution is 6.21. The van der Waals surface area contributed by atoms with Crippen LogP contribution >= 0.6 is 0 Å². The van der Waals surface area contributed by atoms with Crippen LogP contribution in [0.15, 0.2) is 88.2 Å². The predicted octanol–water partition coefficient (Wildman–Crippen LogP) is 5.43. The highest BCUT2D eigenvalue weighted by atomic mass is 16.4. The Labute approximate surface area is 169 Å². The largest absolute Gasteiger partial charge is 0.504 e. The Morgan fingerprint density at radius 2 is 1.50 bits per heavy atom. The van der Waals surface area contributed by atoms with Crippen LogP contribution in [0.1, 0.15) is 0 Å². The zero-order valence-electron chi connectivity index (χ0n) is 15.7. The summed E-state index contributed by atoms with van der Waals surface area (Å²) in [6.07, 6.45) is 1.87. The maximum Gasteiger partial charge on any atom is 0.361 e. The van der Waals surface area contributed by atoms with Crippen LogP contribution in [0.4, 0.5) is 0 Å². The number of phenolic OH excluding ortho intramolecular Hbond substituents is 2. The van der Waals surface area contributed by atoms with Crippen LogP contribution in [0.2, 0.25) is 0 Å². The van der Waals surface area contributed by atoms with Gasteiger partial charge in [0.2, 0.25) is 0 Å². The van der Waals surface area contributed by atoms with E-state index in [0.717, 1.165) is 27.4 Å². The Morgan fingerprint density at radius 3 is 2.33 bits per heavy atom. The van der Waals surface area contributed by atoms with E-state index < -0.39 is 5.63 Å².